The number of piperazine rings is 1. The number of carboxylic acid groups (broad SMARTS) is 2. The first-order valence-electron chi connectivity index (χ1n) is 11.0. The van der Waals surface area contributed by atoms with E-state index in [0.717, 1.165) is 37.7 Å². The monoisotopic (exact) mass is 520 g/mol. The lowest BCUT2D eigenvalue weighted by Gasteiger charge is -2.28. The van der Waals surface area contributed by atoms with Crippen LogP contribution in [0.25, 0.3) is 11.0 Å². The molecule has 0 aliphatic carbocycles. The van der Waals surface area contributed by atoms with Gasteiger partial charge in [0, 0.05) is 26.2 Å². The van der Waals surface area contributed by atoms with E-state index in [1.165, 1.54) is 16.8 Å². The van der Waals surface area contributed by atoms with E-state index < -0.39 is 18.1 Å². The minimum absolute atomic E-state index is 0.200. The molecule has 1 aliphatic rings. The van der Waals surface area contributed by atoms with Crippen molar-refractivity contribution >= 4 is 28.9 Å². The van der Waals surface area contributed by atoms with Crippen molar-refractivity contribution in [1.82, 2.24) is 24.6 Å². The Bertz CT molecular complexity index is 1400. The van der Waals surface area contributed by atoms with Crippen molar-refractivity contribution in [2.75, 3.05) is 31.1 Å². The Hall–Kier alpha value is -4.38. The second kappa shape index (κ2) is 11.6. The maximum atomic E-state index is 13.3. The quantitative estimate of drug-likeness (QED) is 0.426. The van der Waals surface area contributed by atoms with Crippen LogP contribution >= 0.6 is 0 Å². The highest BCUT2D eigenvalue weighted by molar-refractivity contribution is 5.87. The maximum Gasteiger partial charge on any atom is 0.490 e. The number of carboxylic acids is 2. The summed E-state index contributed by atoms with van der Waals surface area (Å²) in [4.78, 5) is 40.0. The van der Waals surface area contributed by atoms with Crippen LogP contribution in [0.3, 0.4) is 0 Å². The zero-order chi connectivity index (χ0) is 27.2. The van der Waals surface area contributed by atoms with Crippen molar-refractivity contribution in [3.05, 3.63) is 51.9 Å². The van der Waals surface area contributed by atoms with Crippen molar-refractivity contribution in [2.24, 2.45) is 0 Å². The van der Waals surface area contributed by atoms with Gasteiger partial charge >= 0.3 is 18.1 Å². The minimum atomic E-state index is -5.08. The van der Waals surface area contributed by atoms with E-state index in [1.807, 2.05) is 4.57 Å². The summed E-state index contributed by atoms with van der Waals surface area (Å²) in [6.07, 6.45) is -3.48. The van der Waals surface area contributed by atoms with Crippen LogP contribution in [0.15, 0.2) is 35.3 Å². The lowest BCUT2D eigenvalue weighted by atomic mass is 10.1. The summed E-state index contributed by atoms with van der Waals surface area (Å²) < 4.78 is 35.0. The van der Waals surface area contributed by atoms with E-state index in [9.17, 15) is 22.8 Å². The summed E-state index contributed by atoms with van der Waals surface area (Å²) in [5, 5.41) is 23.8. The number of benzene rings is 1. The largest absolute Gasteiger partial charge is 0.490 e. The molecule has 0 saturated carbocycles. The molecule has 2 aromatic heterocycles. The van der Waals surface area contributed by atoms with Crippen molar-refractivity contribution in [1.29, 1.82) is 0 Å². The van der Waals surface area contributed by atoms with Crippen LogP contribution in [-0.2, 0) is 17.9 Å². The highest BCUT2D eigenvalue weighted by atomic mass is 19.4. The summed E-state index contributed by atoms with van der Waals surface area (Å²) >= 11 is 0. The Labute approximate surface area is 208 Å². The van der Waals surface area contributed by atoms with E-state index in [0.29, 0.717) is 17.6 Å². The lowest BCUT2D eigenvalue weighted by Crippen LogP contribution is -2.44. The summed E-state index contributed by atoms with van der Waals surface area (Å²) in [7, 11) is 0. The van der Waals surface area contributed by atoms with Gasteiger partial charge in [0.25, 0.3) is 5.56 Å². The first-order chi connectivity index (χ1) is 17.5. The van der Waals surface area contributed by atoms with Crippen LogP contribution in [-0.4, -0.2) is 73.8 Å². The van der Waals surface area contributed by atoms with E-state index in [4.69, 9.17) is 15.0 Å². The first-order valence-corrected chi connectivity index (χ1v) is 11.0. The number of hydrogen-bond acceptors (Lipinski definition) is 7. The molecule has 0 bridgehead atoms. The number of nitrogens with zero attached hydrogens (tertiary/aromatic N) is 5. The number of aliphatic carboxylic acids is 1. The van der Waals surface area contributed by atoms with Crippen LogP contribution in [0, 0.1) is 11.8 Å². The third-order valence-electron chi connectivity index (χ3n) is 5.32. The molecular formula is C23H23F3N6O5. The number of fused-ring (bicyclic) bond motifs is 1. The molecule has 11 nitrogen and oxygen atoms in total. The molecule has 37 heavy (non-hydrogen) atoms. The number of rotatable bonds is 5. The molecule has 1 aliphatic heterocycles. The fourth-order valence-electron chi connectivity index (χ4n) is 3.53. The fourth-order valence-corrected chi connectivity index (χ4v) is 3.53. The van der Waals surface area contributed by atoms with Gasteiger partial charge in [0.15, 0.2) is 0 Å². The average molecular weight is 520 g/mol. The second-order valence-corrected chi connectivity index (χ2v) is 7.81. The number of aromatic nitrogens is 4. The lowest BCUT2D eigenvalue weighted by molar-refractivity contribution is -0.192. The zero-order valence-corrected chi connectivity index (χ0v) is 19.6. The molecule has 1 fully saturated rings. The molecule has 14 heteroatoms. The molecule has 1 saturated heterocycles. The van der Waals surface area contributed by atoms with Crippen molar-refractivity contribution < 1.29 is 33.0 Å². The smallest absolute Gasteiger partial charge is 0.478 e. The van der Waals surface area contributed by atoms with Gasteiger partial charge in [-0.3, -0.25) is 9.36 Å². The van der Waals surface area contributed by atoms with E-state index >= 15 is 0 Å². The maximum absolute atomic E-state index is 13.3. The molecule has 0 amide bonds. The Balaban J connectivity index is 0.000000479. The van der Waals surface area contributed by atoms with Crippen LogP contribution in [0.2, 0.25) is 0 Å². The highest BCUT2D eigenvalue weighted by Crippen LogP contribution is 2.20. The van der Waals surface area contributed by atoms with Crippen LogP contribution < -0.4 is 15.8 Å². The van der Waals surface area contributed by atoms with Gasteiger partial charge in [0.2, 0.25) is 5.95 Å². The van der Waals surface area contributed by atoms with Crippen LogP contribution in [0.4, 0.5) is 19.1 Å². The van der Waals surface area contributed by atoms with Gasteiger partial charge in [-0.1, -0.05) is 18.1 Å². The van der Waals surface area contributed by atoms with Gasteiger partial charge in [0.05, 0.1) is 24.8 Å². The number of imidazole rings is 1. The molecule has 1 aromatic carbocycles. The molecule has 0 atom stereocenters. The number of nitrogens with one attached hydrogen (secondary N) is 1. The van der Waals surface area contributed by atoms with Crippen molar-refractivity contribution in [3.63, 3.8) is 0 Å². The van der Waals surface area contributed by atoms with Crippen molar-refractivity contribution in [2.45, 2.75) is 26.2 Å². The number of alkyl halides is 3. The van der Waals surface area contributed by atoms with Crippen molar-refractivity contribution in [3.8, 4) is 11.8 Å². The Morgan fingerprint density at radius 2 is 1.76 bits per heavy atom. The molecular weight excluding hydrogens is 497 g/mol. The zero-order valence-electron chi connectivity index (χ0n) is 19.6. The highest BCUT2D eigenvalue weighted by Gasteiger charge is 2.38. The first kappa shape index (κ1) is 27.2. The van der Waals surface area contributed by atoms with Gasteiger partial charge in [-0.15, -0.1) is 5.92 Å². The third-order valence-corrected chi connectivity index (χ3v) is 5.32. The normalized spacial score (nSPS) is 13.4. The number of carbonyl (C=O) groups is 2. The Kier molecular flexibility index (Phi) is 8.51. The van der Waals surface area contributed by atoms with E-state index in [-0.39, 0.29) is 17.7 Å². The van der Waals surface area contributed by atoms with Gasteiger partial charge in [-0.05, 0) is 24.6 Å². The Morgan fingerprint density at radius 3 is 2.30 bits per heavy atom. The molecule has 0 spiro atoms. The number of anilines is 1. The topological polar surface area (TPSA) is 143 Å². The van der Waals surface area contributed by atoms with Gasteiger partial charge in [-0.2, -0.15) is 18.3 Å². The molecule has 0 unspecified atom stereocenters. The molecule has 3 N–H and O–H groups in total. The minimum Gasteiger partial charge on any atom is -0.478 e. The van der Waals surface area contributed by atoms with E-state index in [2.05, 4.69) is 32.1 Å². The summed E-state index contributed by atoms with van der Waals surface area (Å²) in [5.74, 6) is 2.92. The number of halogens is 3. The number of hydrogen-bond donors (Lipinski definition) is 3. The standard InChI is InChI=1S/C21H22N6O3.C2HF3O2/c1-2-3-10-26-18-17(24-21(26)25-11-8-22-9-12-25)13-23-27(19(18)28)14-15-4-6-16(7-5-15)20(29)30;3-2(4,5)1(6)7/h4-7,13,22H,8-12,14H2,1H3,(H,29,30);(H,6,7). The molecule has 196 valence electrons. The molecule has 0 radical (unpaired) electrons. The van der Waals surface area contributed by atoms with Gasteiger partial charge in [0.1, 0.15) is 11.0 Å². The molecule has 4 rings (SSSR count). The summed E-state index contributed by atoms with van der Waals surface area (Å²) in [6, 6.07) is 6.41. The van der Waals surface area contributed by atoms with Crippen LogP contribution in [0.5, 0.6) is 0 Å². The number of aromatic carboxylic acids is 1. The molecule has 3 heterocycles. The van der Waals surface area contributed by atoms with Gasteiger partial charge < -0.3 is 20.4 Å². The third kappa shape index (κ3) is 6.64. The predicted octanol–water partition coefficient (Wildman–Crippen LogP) is 1.41. The second-order valence-electron chi connectivity index (χ2n) is 7.81. The molecule has 3 aromatic rings. The summed E-state index contributed by atoms with van der Waals surface area (Å²) in [5.41, 5.74) is 1.76. The Morgan fingerprint density at radius 1 is 1.14 bits per heavy atom. The van der Waals surface area contributed by atoms with Gasteiger partial charge in [-0.25, -0.2) is 19.3 Å². The predicted molar refractivity (Wildman–Crippen MR) is 127 cm³/mol. The SMILES string of the molecule is CC#CCn1c(N2CCNCC2)nc2cnn(Cc3ccc(C(=O)O)cc3)c(=O)c21.O=C(O)C(F)(F)F. The van der Waals surface area contributed by atoms with Crippen LogP contribution in [0.1, 0.15) is 22.8 Å². The van der Waals surface area contributed by atoms with E-state index in [1.54, 1.807) is 25.3 Å². The summed E-state index contributed by atoms with van der Waals surface area (Å²) in [6.45, 7) is 5.71. The average Bonchev–Trinajstić information content (AvgIpc) is 3.24. The fraction of sp³-hybridized carbons (Fsp3) is 0.348.